The summed E-state index contributed by atoms with van der Waals surface area (Å²) in [4.78, 5) is 27.9. The number of carbonyl (C=O) groups excluding carboxylic acids is 1. The van der Waals surface area contributed by atoms with Gasteiger partial charge in [0, 0.05) is 64.4 Å². The number of fused-ring (bicyclic) bond motifs is 1. The molecule has 0 spiro atoms. The van der Waals surface area contributed by atoms with Crippen molar-refractivity contribution in [3.05, 3.63) is 72.9 Å². The lowest BCUT2D eigenvalue weighted by molar-refractivity contribution is 0.0632. The molecule has 0 bridgehead atoms. The molecule has 1 fully saturated rings. The molecule has 184 valence electrons. The lowest BCUT2D eigenvalue weighted by atomic mass is 9.99. The van der Waals surface area contributed by atoms with Crippen LogP contribution in [0, 0.1) is 20.8 Å². The quantitative estimate of drug-likeness (QED) is 0.433. The average Bonchev–Trinajstić information content (AvgIpc) is 3.16. The maximum atomic E-state index is 11.4. The predicted molar refractivity (Wildman–Crippen MR) is 140 cm³/mol. The number of aliphatic hydroxyl groups excluding tert-OH is 1. The second-order valence-electron chi connectivity index (χ2n) is 9.10. The Morgan fingerprint density at radius 3 is 2.50 bits per heavy atom. The molecule has 3 N–H and O–H groups in total. The number of hydrogen-bond donors (Lipinski definition) is 3. The number of likely N-dealkylation sites (tertiary alicyclic amines) is 1. The second kappa shape index (κ2) is 11.4. The van der Waals surface area contributed by atoms with Gasteiger partial charge in [-0.05, 0) is 92.8 Å². The topological polar surface area (TPSA) is 89.8 Å². The van der Waals surface area contributed by atoms with Gasteiger partial charge in [-0.1, -0.05) is 0 Å². The third-order valence-electron chi connectivity index (χ3n) is 6.61. The number of carbonyl (C=O) groups is 1. The molecule has 4 heterocycles. The van der Waals surface area contributed by atoms with Gasteiger partial charge in [0.2, 0.25) is 0 Å². The van der Waals surface area contributed by atoms with Crippen LogP contribution in [0.2, 0.25) is 0 Å². The van der Waals surface area contributed by atoms with E-state index in [9.17, 15) is 14.7 Å². The number of piperidine rings is 1. The van der Waals surface area contributed by atoms with Gasteiger partial charge in [-0.2, -0.15) is 0 Å². The van der Waals surface area contributed by atoms with E-state index in [0.717, 1.165) is 75.8 Å². The Balaban J connectivity index is 0.000000229. The number of aliphatic hydroxyl groups is 1. The van der Waals surface area contributed by atoms with Crippen LogP contribution in [-0.4, -0.2) is 51.9 Å². The molecule has 7 nitrogen and oxygen atoms in total. The van der Waals surface area contributed by atoms with Crippen molar-refractivity contribution in [3.8, 4) is 0 Å². The highest BCUT2D eigenvalue weighted by Gasteiger charge is 2.25. The Bertz CT molecular complexity index is 1210. The number of nitrogens with zero attached hydrogens (tertiary/aromatic N) is 2. The van der Waals surface area contributed by atoms with E-state index in [1.54, 1.807) is 0 Å². The Morgan fingerprint density at radius 2 is 1.91 bits per heavy atom. The van der Waals surface area contributed by atoms with E-state index in [1.165, 1.54) is 0 Å². The van der Waals surface area contributed by atoms with E-state index in [2.05, 4.69) is 48.7 Å². The molecule has 8 heteroatoms. The van der Waals surface area contributed by atoms with E-state index in [-0.39, 0.29) is 17.7 Å². The number of aldehydes is 1. The lowest BCUT2D eigenvalue weighted by Crippen LogP contribution is -2.38. The van der Waals surface area contributed by atoms with Crippen molar-refractivity contribution in [2.45, 2.75) is 59.2 Å². The van der Waals surface area contributed by atoms with Gasteiger partial charge in [0.05, 0.1) is 6.10 Å². The molecule has 1 atom stereocenters. The molecule has 1 aliphatic rings. The van der Waals surface area contributed by atoms with Crippen LogP contribution in [-0.2, 0) is 6.54 Å². The van der Waals surface area contributed by atoms with Gasteiger partial charge >= 0.3 is 0 Å². The predicted octanol–water partition coefficient (Wildman–Crippen LogP) is 4.05. The van der Waals surface area contributed by atoms with Crippen molar-refractivity contribution in [3.63, 3.8) is 0 Å². The van der Waals surface area contributed by atoms with Gasteiger partial charge in [0.25, 0.3) is 5.56 Å². The fraction of sp³-hybridized carbons (Fsp3) is 0.462. The molecule has 1 unspecified atom stereocenters. The summed E-state index contributed by atoms with van der Waals surface area (Å²) in [6.45, 7) is 10.4. The van der Waals surface area contributed by atoms with Crippen molar-refractivity contribution in [2.75, 3.05) is 20.1 Å². The van der Waals surface area contributed by atoms with Crippen LogP contribution < -0.4 is 10.9 Å². The minimum absolute atomic E-state index is 0.0156. The summed E-state index contributed by atoms with van der Waals surface area (Å²) >= 11 is 3.53. The summed E-state index contributed by atoms with van der Waals surface area (Å²) < 4.78 is 3.18. The fourth-order valence-corrected chi connectivity index (χ4v) is 5.16. The molecule has 0 radical (unpaired) electrons. The zero-order valence-corrected chi connectivity index (χ0v) is 22.2. The van der Waals surface area contributed by atoms with Crippen molar-refractivity contribution in [1.82, 2.24) is 19.6 Å². The number of aromatic nitrogens is 2. The number of pyridine rings is 2. The first kappa shape index (κ1) is 26.3. The van der Waals surface area contributed by atoms with E-state index < -0.39 is 0 Å². The number of halogens is 1. The van der Waals surface area contributed by atoms with Crippen LogP contribution in [0.3, 0.4) is 0 Å². The summed E-state index contributed by atoms with van der Waals surface area (Å²) in [6, 6.07) is 6.15. The third kappa shape index (κ3) is 5.86. The van der Waals surface area contributed by atoms with Gasteiger partial charge in [-0.3, -0.25) is 14.5 Å². The minimum atomic E-state index is -0.174. The molecular weight excluding hydrogens is 496 g/mol. The van der Waals surface area contributed by atoms with Crippen molar-refractivity contribution in [2.24, 2.45) is 0 Å². The number of hydrogen-bond acceptors (Lipinski definition) is 5. The molecule has 0 aliphatic carbocycles. The number of H-pyrrole nitrogens is 1. The van der Waals surface area contributed by atoms with E-state index in [1.807, 2.05) is 46.0 Å². The third-order valence-corrected chi connectivity index (χ3v) is 7.05. The first-order chi connectivity index (χ1) is 16.2. The Hall–Kier alpha value is -2.26. The highest BCUT2D eigenvalue weighted by Crippen LogP contribution is 2.31. The van der Waals surface area contributed by atoms with Gasteiger partial charge in [-0.15, -0.1) is 0 Å². The van der Waals surface area contributed by atoms with Crippen LogP contribution in [0.15, 0.2) is 33.7 Å². The number of rotatable bonds is 5. The molecule has 1 saturated heterocycles. The maximum absolute atomic E-state index is 11.4. The van der Waals surface area contributed by atoms with Crippen molar-refractivity contribution in [1.29, 1.82) is 0 Å². The Labute approximate surface area is 209 Å². The minimum Gasteiger partial charge on any atom is -0.393 e. The molecule has 0 amide bonds. The molecule has 3 aromatic heterocycles. The van der Waals surface area contributed by atoms with E-state index in [4.69, 9.17) is 0 Å². The Kier molecular flexibility index (Phi) is 8.87. The molecular formula is C26H35BrN4O3. The first-order valence-electron chi connectivity index (χ1n) is 11.7. The monoisotopic (exact) mass is 530 g/mol. The molecule has 4 rings (SSSR count). The number of aryl methyl sites for hydroxylation is 2. The highest BCUT2D eigenvalue weighted by molar-refractivity contribution is 9.10. The van der Waals surface area contributed by atoms with Gasteiger partial charge < -0.3 is 19.8 Å². The van der Waals surface area contributed by atoms with Gasteiger partial charge in [-0.25, -0.2) is 0 Å². The summed E-state index contributed by atoms with van der Waals surface area (Å²) in [5.74, 6) is 0. The molecule has 0 aromatic carbocycles. The summed E-state index contributed by atoms with van der Waals surface area (Å²) in [5.41, 5.74) is 6.76. The zero-order chi connectivity index (χ0) is 25.0. The van der Waals surface area contributed by atoms with E-state index in [0.29, 0.717) is 6.54 Å². The van der Waals surface area contributed by atoms with Crippen LogP contribution in [0.5, 0.6) is 0 Å². The maximum Gasteiger partial charge on any atom is 0.252 e. The Morgan fingerprint density at radius 1 is 1.24 bits per heavy atom. The highest BCUT2D eigenvalue weighted by atomic mass is 79.9. The standard InChI is InChI=1S/C17H21BrN2O2.C9H14N2O/c1-11-13(10-21)7-15-8-14(18)9-20(15)17(11)12(2)19-5-3-16(22)4-6-19;1-6-4-7(2)11-9(12)8(6)5-10-3/h7-10,12,16,22H,3-6H2,1-2H3;4,10H,5H2,1-3H3,(H,11,12). The van der Waals surface area contributed by atoms with Crippen LogP contribution in [0.1, 0.15) is 64.2 Å². The molecule has 1 aliphatic heterocycles. The summed E-state index contributed by atoms with van der Waals surface area (Å²) in [5, 5.41) is 12.7. The fourth-order valence-electron chi connectivity index (χ4n) is 4.72. The number of aromatic amines is 1. The van der Waals surface area contributed by atoms with Crippen molar-refractivity contribution >= 4 is 27.7 Å². The van der Waals surface area contributed by atoms with Crippen LogP contribution in [0.4, 0.5) is 0 Å². The summed E-state index contributed by atoms with van der Waals surface area (Å²) in [7, 11) is 1.83. The smallest absolute Gasteiger partial charge is 0.252 e. The molecule has 0 saturated carbocycles. The van der Waals surface area contributed by atoms with Crippen LogP contribution >= 0.6 is 15.9 Å². The molecule has 34 heavy (non-hydrogen) atoms. The second-order valence-corrected chi connectivity index (χ2v) is 10.0. The van der Waals surface area contributed by atoms with Crippen LogP contribution in [0.25, 0.3) is 5.52 Å². The largest absolute Gasteiger partial charge is 0.393 e. The number of nitrogens with one attached hydrogen (secondary N) is 2. The average molecular weight is 531 g/mol. The molecule has 3 aromatic rings. The normalized spacial score (nSPS) is 15.7. The summed E-state index contributed by atoms with van der Waals surface area (Å²) in [6.07, 6.45) is 4.45. The first-order valence-corrected chi connectivity index (χ1v) is 12.5. The van der Waals surface area contributed by atoms with E-state index >= 15 is 0 Å². The lowest BCUT2D eigenvalue weighted by Gasteiger charge is -2.35. The SMILES string of the molecule is CNCc1c(C)cc(C)[nH]c1=O.Cc1c(C=O)cc2cc(Br)cn2c1C(C)N1CCC(O)CC1. The zero-order valence-electron chi connectivity index (χ0n) is 20.6. The van der Waals surface area contributed by atoms with Gasteiger partial charge in [0.1, 0.15) is 6.29 Å². The van der Waals surface area contributed by atoms with Crippen molar-refractivity contribution < 1.29 is 9.90 Å². The van der Waals surface area contributed by atoms with Gasteiger partial charge in [0.15, 0.2) is 0 Å².